The second kappa shape index (κ2) is 4.64. The van der Waals surface area contributed by atoms with Gasteiger partial charge in [-0.1, -0.05) is 0 Å². The van der Waals surface area contributed by atoms with Crippen molar-refractivity contribution in [2.75, 3.05) is 6.61 Å². The first-order chi connectivity index (χ1) is 10.9. The number of fused-ring (bicyclic) bond motifs is 2. The van der Waals surface area contributed by atoms with Crippen LogP contribution in [-0.4, -0.2) is 49.8 Å². The molecular weight excluding hydrogens is 300 g/mol. The molecule has 4 rings (SSSR count). The number of nitrogens with zero attached hydrogens (tertiary/aromatic N) is 2. The van der Waals surface area contributed by atoms with Crippen LogP contribution in [0.4, 0.5) is 0 Å². The van der Waals surface area contributed by atoms with Gasteiger partial charge in [-0.15, -0.1) is 0 Å². The first kappa shape index (κ1) is 14.8. The van der Waals surface area contributed by atoms with Crippen molar-refractivity contribution >= 4 is 11.0 Å². The van der Waals surface area contributed by atoms with Gasteiger partial charge in [0.25, 0.3) is 0 Å². The van der Waals surface area contributed by atoms with E-state index in [4.69, 9.17) is 19.6 Å². The van der Waals surface area contributed by atoms with Crippen molar-refractivity contribution in [3.05, 3.63) is 24.1 Å². The Hall–Kier alpha value is -1.74. The van der Waals surface area contributed by atoms with E-state index in [1.54, 1.807) is 0 Å². The molecule has 124 valence electrons. The zero-order valence-electron chi connectivity index (χ0n) is 13.2. The Kier molecular flexibility index (Phi) is 2.99. The van der Waals surface area contributed by atoms with E-state index in [2.05, 4.69) is 9.97 Å². The van der Waals surface area contributed by atoms with E-state index in [0.717, 1.165) is 0 Å². The monoisotopic (exact) mass is 320 g/mol. The summed E-state index contributed by atoms with van der Waals surface area (Å²) in [5.41, 5.74) is 0.161. The number of nitrogens with one attached hydrogen (secondary N) is 2. The van der Waals surface area contributed by atoms with Crippen molar-refractivity contribution in [3.63, 3.8) is 0 Å². The van der Waals surface area contributed by atoms with Crippen LogP contribution in [0, 0.1) is 5.41 Å². The molecule has 0 bridgehead atoms. The molecule has 0 spiro atoms. The van der Waals surface area contributed by atoms with E-state index >= 15 is 0 Å². The largest absolute Gasteiger partial charge is 0.394 e. The summed E-state index contributed by atoms with van der Waals surface area (Å²) >= 11 is 0. The molecule has 2 aromatic rings. The van der Waals surface area contributed by atoms with Crippen molar-refractivity contribution in [1.29, 1.82) is 5.41 Å². The number of aromatic amines is 1. The zero-order chi connectivity index (χ0) is 16.4. The summed E-state index contributed by atoms with van der Waals surface area (Å²) < 4.78 is 20.0. The van der Waals surface area contributed by atoms with E-state index in [0.29, 0.717) is 11.0 Å². The summed E-state index contributed by atoms with van der Waals surface area (Å²) in [5, 5.41) is 18.3. The molecular formula is C15H20N4O4. The Morgan fingerprint density at radius 2 is 2.22 bits per heavy atom. The number of rotatable bonds is 2. The maximum Gasteiger partial charge on any atom is 0.167 e. The van der Waals surface area contributed by atoms with E-state index in [-0.39, 0.29) is 18.2 Å². The van der Waals surface area contributed by atoms with Gasteiger partial charge in [0, 0.05) is 6.20 Å². The fraction of sp³-hybridized carbons (Fsp3) is 0.600. The molecule has 0 amide bonds. The van der Waals surface area contributed by atoms with Crippen LogP contribution in [0.15, 0.2) is 18.6 Å². The SMILES string of the molecule is CC1(C)O[C@@H]2[C@@H](CO)O[C@@H](n3ccc4c(=N)[nH]cnc43)[C@]2(C)O1. The fourth-order valence-corrected chi connectivity index (χ4v) is 3.72. The average Bonchev–Trinajstić information content (AvgIpc) is 3.07. The lowest BCUT2D eigenvalue weighted by atomic mass is 9.96. The van der Waals surface area contributed by atoms with Gasteiger partial charge in [0.2, 0.25) is 0 Å². The van der Waals surface area contributed by atoms with Crippen LogP contribution in [-0.2, 0) is 14.2 Å². The van der Waals surface area contributed by atoms with Gasteiger partial charge in [0.1, 0.15) is 28.9 Å². The van der Waals surface area contributed by atoms with Gasteiger partial charge >= 0.3 is 0 Å². The van der Waals surface area contributed by atoms with Crippen molar-refractivity contribution in [1.82, 2.24) is 14.5 Å². The van der Waals surface area contributed by atoms with Crippen LogP contribution in [0.1, 0.15) is 27.0 Å². The number of aromatic nitrogens is 3. The minimum absolute atomic E-state index is 0.152. The number of ether oxygens (including phenoxy) is 3. The van der Waals surface area contributed by atoms with Gasteiger partial charge in [-0.25, -0.2) is 4.98 Å². The molecule has 4 heterocycles. The van der Waals surface area contributed by atoms with Crippen LogP contribution >= 0.6 is 0 Å². The highest BCUT2D eigenvalue weighted by Crippen LogP contribution is 2.51. The molecule has 8 nitrogen and oxygen atoms in total. The van der Waals surface area contributed by atoms with E-state index in [1.807, 2.05) is 37.6 Å². The average molecular weight is 320 g/mol. The van der Waals surface area contributed by atoms with E-state index in [1.165, 1.54) is 6.33 Å². The van der Waals surface area contributed by atoms with Gasteiger partial charge in [0.15, 0.2) is 12.0 Å². The standard InChI is InChI=1S/C15H20N4O4/c1-14(2)22-10-9(6-20)21-13(15(10,3)23-14)19-5-4-8-11(16)17-7-18-12(8)19/h4-5,7,9-10,13,20H,6H2,1-3H3,(H2,16,17,18)/t9-,10-,13-,15-/m1/s1. The zero-order valence-corrected chi connectivity index (χ0v) is 13.2. The third-order valence-corrected chi connectivity index (χ3v) is 4.56. The smallest absolute Gasteiger partial charge is 0.167 e. The highest BCUT2D eigenvalue weighted by molar-refractivity contribution is 5.74. The molecule has 2 aliphatic heterocycles. The van der Waals surface area contributed by atoms with Gasteiger partial charge in [-0.05, 0) is 26.8 Å². The highest BCUT2D eigenvalue weighted by atomic mass is 16.8. The second-order valence-electron chi connectivity index (χ2n) is 6.67. The predicted molar refractivity (Wildman–Crippen MR) is 79.4 cm³/mol. The van der Waals surface area contributed by atoms with Gasteiger partial charge in [-0.2, -0.15) is 0 Å². The Balaban J connectivity index is 1.84. The van der Waals surface area contributed by atoms with Gasteiger partial charge < -0.3 is 28.9 Å². The minimum atomic E-state index is -0.758. The van der Waals surface area contributed by atoms with Crippen LogP contribution < -0.4 is 5.49 Å². The van der Waals surface area contributed by atoms with Crippen LogP contribution in [0.2, 0.25) is 0 Å². The number of hydrogen-bond donors (Lipinski definition) is 3. The maximum atomic E-state index is 9.65. The molecule has 0 unspecified atom stereocenters. The number of aliphatic hydroxyl groups is 1. The molecule has 2 aromatic heterocycles. The third-order valence-electron chi connectivity index (χ3n) is 4.56. The number of H-pyrrole nitrogens is 1. The molecule has 2 fully saturated rings. The van der Waals surface area contributed by atoms with Crippen molar-refractivity contribution < 1.29 is 19.3 Å². The lowest BCUT2D eigenvalue weighted by Gasteiger charge is -2.30. The summed E-state index contributed by atoms with van der Waals surface area (Å²) in [6.45, 7) is 5.48. The lowest BCUT2D eigenvalue weighted by molar-refractivity contribution is -0.217. The Morgan fingerprint density at radius 3 is 2.96 bits per heavy atom. The van der Waals surface area contributed by atoms with Crippen LogP contribution in [0.5, 0.6) is 0 Å². The topological polar surface area (TPSA) is 105 Å². The van der Waals surface area contributed by atoms with Crippen molar-refractivity contribution in [2.45, 2.75) is 50.6 Å². The molecule has 23 heavy (non-hydrogen) atoms. The summed E-state index contributed by atoms with van der Waals surface area (Å²) in [7, 11) is 0. The molecule has 4 atom stereocenters. The summed E-state index contributed by atoms with van der Waals surface area (Å²) in [5.74, 6) is -0.750. The lowest BCUT2D eigenvalue weighted by Crippen LogP contribution is -2.42. The molecule has 0 saturated carbocycles. The predicted octanol–water partition coefficient (Wildman–Crippen LogP) is 0.644. The number of hydrogen-bond acceptors (Lipinski definition) is 6. The molecule has 0 aromatic carbocycles. The highest BCUT2D eigenvalue weighted by Gasteiger charge is 2.64. The van der Waals surface area contributed by atoms with Crippen molar-refractivity contribution in [3.8, 4) is 0 Å². The Morgan fingerprint density at radius 1 is 1.43 bits per heavy atom. The summed E-state index contributed by atoms with van der Waals surface area (Å²) in [6, 6.07) is 1.82. The third kappa shape index (κ3) is 1.99. The summed E-state index contributed by atoms with van der Waals surface area (Å²) in [6.07, 6.45) is 1.95. The molecule has 2 aliphatic rings. The van der Waals surface area contributed by atoms with E-state index in [9.17, 15) is 5.11 Å². The molecule has 2 saturated heterocycles. The van der Waals surface area contributed by atoms with Gasteiger partial charge in [-0.3, -0.25) is 5.41 Å². The van der Waals surface area contributed by atoms with Crippen LogP contribution in [0.25, 0.3) is 11.0 Å². The molecule has 0 radical (unpaired) electrons. The fourth-order valence-electron chi connectivity index (χ4n) is 3.72. The molecule has 0 aliphatic carbocycles. The normalized spacial score (nSPS) is 35.7. The quantitative estimate of drug-likeness (QED) is 0.753. The summed E-state index contributed by atoms with van der Waals surface area (Å²) in [4.78, 5) is 7.10. The second-order valence-corrected chi connectivity index (χ2v) is 6.67. The van der Waals surface area contributed by atoms with E-state index < -0.39 is 23.7 Å². The first-order valence-corrected chi connectivity index (χ1v) is 7.59. The van der Waals surface area contributed by atoms with Gasteiger partial charge in [0.05, 0.1) is 18.3 Å². The molecule has 3 N–H and O–H groups in total. The van der Waals surface area contributed by atoms with Crippen LogP contribution in [0.3, 0.4) is 0 Å². The van der Waals surface area contributed by atoms with Crippen molar-refractivity contribution in [2.24, 2.45) is 0 Å². The minimum Gasteiger partial charge on any atom is -0.394 e. The Bertz CT molecular complexity index is 813. The number of aliphatic hydroxyl groups excluding tert-OH is 1. The molecule has 8 heteroatoms. The maximum absolute atomic E-state index is 9.65. The first-order valence-electron chi connectivity index (χ1n) is 7.59. The Labute approximate surface area is 132 Å².